The number of carboxylic acids is 1. The highest BCUT2D eigenvalue weighted by Gasteiger charge is 2.26. The van der Waals surface area contributed by atoms with E-state index < -0.39 is 16.0 Å². The van der Waals surface area contributed by atoms with E-state index in [0.29, 0.717) is 0 Å². The van der Waals surface area contributed by atoms with Crippen LogP contribution in [0.3, 0.4) is 0 Å². The molecular formula is C10H11NO5S. The van der Waals surface area contributed by atoms with Crippen LogP contribution in [0.4, 0.5) is 0 Å². The van der Waals surface area contributed by atoms with Crippen molar-refractivity contribution in [3.8, 4) is 5.75 Å². The Balaban J connectivity index is 2.45. The van der Waals surface area contributed by atoms with Gasteiger partial charge in [0, 0.05) is 6.07 Å². The zero-order chi connectivity index (χ0) is 12.6. The number of benzene rings is 1. The number of ether oxygens (including phenoxy) is 1. The molecule has 0 aliphatic heterocycles. The highest BCUT2D eigenvalue weighted by Crippen LogP contribution is 2.30. The highest BCUT2D eigenvalue weighted by atomic mass is 32.2. The summed E-state index contributed by atoms with van der Waals surface area (Å²) < 4.78 is 27.6. The minimum absolute atomic E-state index is 0.0242. The van der Waals surface area contributed by atoms with Crippen molar-refractivity contribution >= 4 is 16.0 Å². The molecule has 2 rings (SSSR count). The van der Waals surface area contributed by atoms with Gasteiger partial charge < -0.3 is 9.84 Å². The molecule has 0 radical (unpaired) electrons. The quantitative estimate of drug-likeness (QED) is 0.820. The third-order valence-corrected chi connectivity index (χ3v) is 3.24. The van der Waals surface area contributed by atoms with Crippen LogP contribution in [0.15, 0.2) is 23.1 Å². The molecule has 7 heteroatoms. The molecule has 0 amide bonds. The summed E-state index contributed by atoms with van der Waals surface area (Å²) in [5, 5.41) is 13.9. The summed E-state index contributed by atoms with van der Waals surface area (Å²) in [5.41, 5.74) is -0.0655. The Bertz CT molecular complexity index is 562. The minimum Gasteiger partial charge on any atom is -0.489 e. The van der Waals surface area contributed by atoms with Crippen LogP contribution in [0.2, 0.25) is 0 Å². The van der Waals surface area contributed by atoms with E-state index in [9.17, 15) is 13.2 Å². The minimum atomic E-state index is -3.86. The molecule has 17 heavy (non-hydrogen) atoms. The molecule has 1 fully saturated rings. The maximum Gasteiger partial charge on any atom is 0.339 e. The van der Waals surface area contributed by atoms with E-state index in [0.717, 1.165) is 25.0 Å². The van der Waals surface area contributed by atoms with Gasteiger partial charge in [-0.25, -0.2) is 18.4 Å². The van der Waals surface area contributed by atoms with Crippen molar-refractivity contribution in [1.82, 2.24) is 0 Å². The van der Waals surface area contributed by atoms with E-state index >= 15 is 0 Å². The predicted octanol–water partition coefficient (Wildman–Crippen LogP) is 0.573. The predicted molar refractivity (Wildman–Crippen MR) is 58.4 cm³/mol. The van der Waals surface area contributed by atoms with Crippen molar-refractivity contribution in [3.05, 3.63) is 23.8 Å². The number of carbonyl (C=O) groups is 1. The summed E-state index contributed by atoms with van der Waals surface area (Å²) in [7, 11) is -3.86. The lowest BCUT2D eigenvalue weighted by molar-refractivity contribution is 0.0691. The van der Waals surface area contributed by atoms with Crippen molar-refractivity contribution in [3.63, 3.8) is 0 Å². The van der Waals surface area contributed by atoms with Crippen LogP contribution in [0, 0.1) is 0 Å². The van der Waals surface area contributed by atoms with Crippen LogP contribution in [-0.4, -0.2) is 25.6 Å². The van der Waals surface area contributed by atoms with E-state index in [1.54, 1.807) is 0 Å². The molecule has 1 aliphatic rings. The molecule has 0 spiro atoms. The summed E-state index contributed by atoms with van der Waals surface area (Å²) in [6, 6.07) is 3.48. The third kappa shape index (κ3) is 2.75. The first-order valence-electron chi connectivity index (χ1n) is 4.95. The van der Waals surface area contributed by atoms with E-state index in [-0.39, 0.29) is 22.3 Å². The zero-order valence-corrected chi connectivity index (χ0v) is 9.61. The lowest BCUT2D eigenvalue weighted by Gasteiger charge is -2.09. The number of hydrogen-bond donors (Lipinski definition) is 2. The van der Waals surface area contributed by atoms with Gasteiger partial charge in [0.15, 0.2) is 0 Å². The first kappa shape index (κ1) is 11.9. The second-order valence-electron chi connectivity index (χ2n) is 3.83. The fraction of sp³-hybridized carbons (Fsp3) is 0.300. The molecule has 0 bridgehead atoms. The standard InChI is InChI=1S/C10H11NO5S/c11-17(14,15)7-3-4-8(10(12)13)9(5-7)16-6-1-2-6/h3-6H,1-2H2,(H,12,13)(H2,11,14,15). The fourth-order valence-corrected chi connectivity index (χ4v) is 1.85. The molecule has 0 heterocycles. The Morgan fingerprint density at radius 3 is 2.53 bits per heavy atom. The topological polar surface area (TPSA) is 107 Å². The van der Waals surface area contributed by atoms with Gasteiger partial charge in [0.25, 0.3) is 0 Å². The third-order valence-electron chi connectivity index (χ3n) is 2.33. The summed E-state index contributed by atoms with van der Waals surface area (Å²) in [4.78, 5) is 10.8. The van der Waals surface area contributed by atoms with Crippen molar-refractivity contribution in [2.75, 3.05) is 0 Å². The lowest BCUT2D eigenvalue weighted by Crippen LogP contribution is -2.13. The monoisotopic (exact) mass is 257 g/mol. The van der Waals surface area contributed by atoms with Crippen LogP contribution in [0.1, 0.15) is 23.2 Å². The van der Waals surface area contributed by atoms with Crippen molar-refractivity contribution in [1.29, 1.82) is 0 Å². The van der Waals surface area contributed by atoms with Gasteiger partial charge in [0.1, 0.15) is 11.3 Å². The molecule has 92 valence electrons. The summed E-state index contributed by atoms with van der Waals surface area (Å²) in [6.07, 6.45) is 1.67. The second-order valence-corrected chi connectivity index (χ2v) is 5.39. The van der Waals surface area contributed by atoms with Crippen molar-refractivity contribution < 1.29 is 23.1 Å². The summed E-state index contributed by atoms with van der Waals surface area (Å²) >= 11 is 0. The maximum absolute atomic E-state index is 11.1. The molecule has 3 N–H and O–H groups in total. The van der Waals surface area contributed by atoms with Crippen LogP contribution in [-0.2, 0) is 10.0 Å². The Kier molecular flexibility index (Phi) is 2.80. The van der Waals surface area contributed by atoms with E-state index in [4.69, 9.17) is 15.0 Å². The first-order valence-corrected chi connectivity index (χ1v) is 6.49. The van der Waals surface area contributed by atoms with Gasteiger partial charge in [0.2, 0.25) is 10.0 Å². The number of hydrogen-bond acceptors (Lipinski definition) is 4. The molecule has 1 saturated carbocycles. The number of aromatic carboxylic acids is 1. The largest absolute Gasteiger partial charge is 0.489 e. The molecule has 1 aromatic carbocycles. The number of nitrogens with two attached hydrogens (primary N) is 1. The normalized spacial score (nSPS) is 15.6. The van der Waals surface area contributed by atoms with Crippen LogP contribution in [0.5, 0.6) is 5.75 Å². The zero-order valence-electron chi connectivity index (χ0n) is 8.79. The first-order chi connectivity index (χ1) is 7.88. The lowest BCUT2D eigenvalue weighted by atomic mass is 10.2. The second kappa shape index (κ2) is 4.01. The van der Waals surface area contributed by atoms with E-state index in [1.165, 1.54) is 6.07 Å². The Labute approximate surface area is 98.1 Å². The van der Waals surface area contributed by atoms with Crippen molar-refractivity contribution in [2.45, 2.75) is 23.8 Å². The molecule has 0 atom stereocenters. The van der Waals surface area contributed by atoms with E-state index in [1.807, 2.05) is 0 Å². The van der Waals surface area contributed by atoms with E-state index in [2.05, 4.69) is 0 Å². The molecule has 0 aromatic heterocycles. The van der Waals surface area contributed by atoms with Crippen LogP contribution < -0.4 is 9.88 Å². The Morgan fingerprint density at radius 1 is 1.41 bits per heavy atom. The van der Waals surface area contributed by atoms with Gasteiger partial charge in [0.05, 0.1) is 11.0 Å². The molecule has 6 nitrogen and oxygen atoms in total. The van der Waals surface area contributed by atoms with Gasteiger partial charge in [-0.2, -0.15) is 0 Å². The summed E-state index contributed by atoms with van der Waals surface area (Å²) in [6.45, 7) is 0. The molecule has 0 saturated heterocycles. The Hall–Kier alpha value is -1.60. The van der Waals surface area contributed by atoms with Gasteiger partial charge in [-0.15, -0.1) is 0 Å². The average Bonchev–Trinajstić information content (AvgIpc) is 2.99. The fourth-order valence-electron chi connectivity index (χ4n) is 1.32. The number of sulfonamides is 1. The molecular weight excluding hydrogens is 246 g/mol. The number of primary sulfonamides is 1. The van der Waals surface area contributed by atoms with Crippen molar-refractivity contribution in [2.24, 2.45) is 5.14 Å². The number of rotatable bonds is 4. The van der Waals surface area contributed by atoms with Gasteiger partial charge >= 0.3 is 5.97 Å². The molecule has 1 aromatic rings. The van der Waals surface area contributed by atoms with Crippen LogP contribution >= 0.6 is 0 Å². The maximum atomic E-state index is 11.1. The smallest absolute Gasteiger partial charge is 0.339 e. The van der Waals surface area contributed by atoms with Gasteiger partial charge in [-0.3, -0.25) is 0 Å². The SMILES string of the molecule is NS(=O)(=O)c1ccc(C(=O)O)c(OC2CC2)c1. The van der Waals surface area contributed by atoms with Gasteiger partial charge in [-0.05, 0) is 25.0 Å². The summed E-state index contributed by atoms with van der Waals surface area (Å²) in [5.74, 6) is -1.12. The number of carboxylic acid groups (broad SMARTS) is 1. The van der Waals surface area contributed by atoms with Gasteiger partial charge in [-0.1, -0.05) is 0 Å². The van der Waals surface area contributed by atoms with Crippen LogP contribution in [0.25, 0.3) is 0 Å². The molecule has 0 unspecified atom stereocenters. The molecule has 1 aliphatic carbocycles. The average molecular weight is 257 g/mol. The highest BCUT2D eigenvalue weighted by molar-refractivity contribution is 7.89. The Morgan fingerprint density at radius 2 is 2.06 bits per heavy atom.